The Kier molecular flexibility index (Phi) is 6.14. The third-order valence-electron chi connectivity index (χ3n) is 4.05. The molecule has 12 heteroatoms. The topological polar surface area (TPSA) is 148 Å². The number of aromatic nitrogens is 3. The molecule has 154 valence electrons. The maximum Gasteiger partial charge on any atom is 0.282 e. The minimum absolute atomic E-state index is 0.0919. The monoisotopic (exact) mass is 405 g/mol. The smallest absolute Gasteiger partial charge is 0.282 e. The predicted octanol–water partition coefficient (Wildman–Crippen LogP) is -0.0942. The van der Waals surface area contributed by atoms with Gasteiger partial charge in [0.2, 0.25) is 6.43 Å². The summed E-state index contributed by atoms with van der Waals surface area (Å²) < 4.78 is 24.9. The third-order valence-corrected chi connectivity index (χ3v) is 4.05. The number of carbonyl (C=O) groups excluding carboxylic acids is 1. The largest absolute Gasteiger partial charge is 0.365 e. The van der Waals surface area contributed by atoms with Gasteiger partial charge < -0.3 is 22.1 Å². The summed E-state index contributed by atoms with van der Waals surface area (Å²) in [6.45, 7) is -0.0919. The van der Waals surface area contributed by atoms with Crippen molar-refractivity contribution in [3.05, 3.63) is 48.9 Å². The van der Waals surface area contributed by atoms with Crippen molar-refractivity contribution >= 4 is 17.4 Å². The normalized spacial score (nSPS) is 19.5. The molecule has 0 aliphatic carbocycles. The molecule has 0 spiro atoms. The Bertz CT molecular complexity index is 900. The maximum absolute atomic E-state index is 12.5. The number of nitrogens with one attached hydrogen (secondary N) is 3. The van der Waals surface area contributed by atoms with Gasteiger partial charge in [0.25, 0.3) is 11.7 Å². The van der Waals surface area contributed by atoms with Gasteiger partial charge in [0.15, 0.2) is 0 Å². The van der Waals surface area contributed by atoms with Crippen molar-refractivity contribution in [2.24, 2.45) is 16.5 Å². The van der Waals surface area contributed by atoms with Gasteiger partial charge in [-0.05, 0) is 24.3 Å². The molecule has 0 radical (unpaired) electrons. The van der Waals surface area contributed by atoms with Crippen molar-refractivity contribution in [1.29, 1.82) is 0 Å². The standard InChI is InChI=1S/C17H21F2N9O/c18-14(19)8-11(20)10-23-17(16(21)29)22-5-4-15(27-17)26-12-2-1-3-13(9-12)28-24-6-7-25-28/h1-7,9,11,14,22-23H,8,10,20H2,(H2,21,29)(H,26,27)/t11?,17-/m1/s1. The van der Waals surface area contributed by atoms with Crippen molar-refractivity contribution in [2.45, 2.75) is 24.7 Å². The summed E-state index contributed by atoms with van der Waals surface area (Å²) in [5, 5.41) is 16.7. The van der Waals surface area contributed by atoms with Gasteiger partial charge in [-0.1, -0.05) is 6.07 Å². The Balaban J connectivity index is 1.76. The first-order valence-electron chi connectivity index (χ1n) is 8.74. The molecule has 1 aliphatic rings. The van der Waals surface area contributed by atoms with Gasteiger partial charge in [0.1, 0.15) is 5.84 Å². The van der Waals surface area contributed by atoms with Gasteiger partial charge >= 0.3 is 0 Å². The van der Waals surface area contributed by atoms with Crippen molar-refractivity contribution in [3.63, 3.8) is 0 Å². The van der Waals surface area contributed by atoms with E-state index in [4.69, 9.17) is 11.5 Å². The number of carbonyl (C=O) groups is 1. The zero-order chi connectivity index (χ0) is 20.9. The van der Waals surface area contributed by atoms with Crippen LogP contribution in [0.25, 0.3) is 5.69 Å². The summed E-state index contributed by atoms with van der Waals surface area (Å²) >= 11 is 0. The summed E-state index contributed by atoms with van der Waals surface area (Å²) in [5.74, 6) is -2.22. The molecule has 1 aromatic heterocycles. The van der Waals surface area contributed by atoms with E-state index in [-0.39, 0.29) is 6.54 Å². The molecule has 0 fully saturated rings. The van der Waals surface area contributed by atoms with Crippen molar-refractivity contribution in [3.8, 4) is 5.69 Å². The van der Waals surface area contributed by atoms with Crippen LogP contribution in [0.15, 0.2) is 53.9 Å². The average Bonchev–Trinajstić information content (AvgIpc) is 3.21. The minimum atomic E-state index is -2.55. The van der Waals surface area contributed by atoms with E-state index in [9.17, 15) is 13.6 Å². The molecule has 1 amide bonds. The van der Waals surface area contributed by atoms with Gasteiger partial charge in [-0.25, -0.2) is 13.8 Å². The number of anilines is 1. The Labute approximate surface area is 165 Å². The summed E-state index contributed by atoms with van der Waals surface area (Å²) in [4.78, 5) is 17.8. The lowest BCUT2D eigenvalue weighted by molar-refractivity contribution is -0.125. The second kappa shape index (κ2) is 8.75. The molecule has 1 unspecified atom stereocenters. The van der Waals surface area contributed by atoms with Crippen LogP contribution in [0.3, 0.4) is 0 Å². The van der Waals surface area contributed by atoms with Gasteiger partial charge in [0.05, 0.1) is 18.1 Å². The highest BCUT2D eigenvalue weighted by Crippen LogP contribution is 2.16. The van der Waals surface area contributed by atoms with E-state index in [1.807, 2.05) is 6.07 Å². The second-order valence-electron chi connectivity index (χ2n) is 6.31. The lowest BCUT2D eigenvalue weighted by Gasteiger charge is -2.32. The highest BCUT2D eigenvalue weighted by Gasteiger charge is 2.37. The van der Waals surface area contributed by atoms with Crippen LogP contribution in [0.5, 0.6) is 0 Å². The zero-order valence-corrected chi connectivity index (χ0v) is 15.3. The number of hydrogen-bond acceptors (Lipinski definition) is 8. The third kappa shape index (κ3) is 5.12. The molecule has 29 heavy (non-hydrogen) atoms. The van der Waals surface area contributed by atoms with E-state index < -0.39 is 30.6 Å². The SMILES string of the molecule is NC(=O)[C@@]1(NCC(N)CC(F)F)N=C(Nc2cccc(-n3nccn3)c2)C=CN1. The van der Waals surface area contributed by atoms with E-state index >= 15 is 0 Å². The van der Waals surface area contributed by atoms with Crippen LogP contribution in [0.2, 0.25) is 0 Å². The van der Waals surface area contributed by atoms with Gasteiger partial charge in [-0.15, -0.1) is 0 Å². The quantitative estimate of drug-likeness (QED) is 0.412. The van der Waals surface area contributed by atoms with E-state index in [0.29, 0.717) is 11.5 Å². The number of amides is 1. The molecule has 1 aliphatic heterocycles. The molecular formula is C17H21F2N9O. The predicted molar refractivity (Wildman–Crippen MR) is 103 cm³/mol. The highest BCUT2D eigenvalue weighted by atomic mass is 19.3. The van der Waals surface area contributed by atoms with Crippen molar-refractivity contribution in [2.75, 3.05) is 11.9 Å². The fraction of sp³-hybridized carbons (Fsp3) is 0.294. The Morgan fingerprint density at radius 2 is 2.07 bits per heavy atom. The minimum Gasteiger partial charge on any atom is -0.365 e. The Morgan fingerprint density at radius 1 is 1.31 bits per heavy atom. The maximum atomic E-state index is 12.5. The van der Waals surface area contributed by atoms with Gasteiger partial charge in [-0.2, -0.15) is 15.0 Å². The van der Waals surface area contributed by atoms with Crippen LogP contribution < -0.4 is 27.4 Å². The van der Waals surface area contributed by atoms with E-state index in [2.05, 4.69) is 31.1 Å². The number of nitrogens with two attached hydrogens (primary N) is 2. The zero-order valence-electron chi connectivity index (χ0n) is 15.3. The number of hydrogen-bond donors (Lipinski definition) is 5. The van der Waals surface area contributed by atoms with Crippen molar-refractivity contribution < 1.29 is 13.6 Å². The van der Waals surface area contributed by atoms with Gasteiger partial charge in [-0.3, -0.25) is 10.1 Å². The van der Waals surface area contributed by atoms with Crippen molar-refractivity contribution in [1.82, 2.24) is 25.6 Å². The number of rotatable bonds is 8. The number of alkyl halides is 2. The average molecular weight is 405 g/mol. The first kappa shape index (κ1) is 20.4. The molecule has 2 atom stereocenters. The van der Waals surface area contributed by atoms with Crippen LogP contribution in [0, 0.1) is 0 Å². The molecule has 0 saturated carbocycles. The van der Waals surface area contributed by atoms with Crippen LogP contribution in [0.1, 0.15) is 6.42 Å². The second-order valence-corrected chi connectivity index (χ2v) is 6.31. The van der Waals surface area contributed by atoms with Crippen LogP contribution in [0.4, 0.5) is 14.5 Å². The summed E-state index contributed by atoms with van der Waals surface area (Å²) in [6, 6.07) is 6.34. The number of benzene rings is 1. The Morgan fingerprint density at radius 3 is 2.76 bits per heavy atom. The molecule has 0 bridgehead atoms. The van der Waals surface area contributed by atoms with Crippen LogP contribution in [-0.4, -0.2) is 51.5 Å². The van der Waals surface area contributed by atoms with E-state index in [0.717, 1.165) is 5.69 Å². The number of amidine groups is 1. The molecule has 0 saturated heterocycles. The van der Waals surface area contributed by atoms with Gasteiger partial charge in [0, 0.05) is 30.9 Å². The number of primary amides is 1. The Hall–Kier alpha value is -3.38. The number of aliphatic imine (C=N–C) groups is 1. The lowest BCUT2D eigenvalue weighted by Crippen LogP contribution is -2.65. The number of halogens is 2. The molecular weight excluding hydrogens is 384 g/mol. The highest BCUT2D eigenvalue weighted by molar-refractivity contribution is 6.06. The summed E-state index contributed by atoms with van der Waals surface area (Å²) in [6.07, 6.45) is 3.14. The van der Waals surface area contributed by atoms with E-state index in [1.54, 1.807) is 36.7 Å². The first-order valence-corrected chi connectivity index (χ1v) is 8.74. The first-order chi connectivity index (χ1) is 13.9. The summed E-state index contributed by atoms with van der Waals surface area (Å²) in [5.41, 5.74) is 12.5. The fourth-order valence-electron chi connectivity index (χ4n) is 2.66. The number of nitrogens with zero attached hydrogens (tertiary/aromatic N) is 4. The molecule has 10 nitrogen and oxygen atoms in total. The summed E-state index contributed by atoms with van der Waals surface area (Å²) in [7, 11) is 0. The van der Waals surface area contributed by atoms with Crippen LogP contribution >= 0.6 is 0 Å². The molecule has 7 N–H and O–H groups in total. The van der Waals surface area contributed by atoms with E-state index in [1.165, 1.54) is 11.0 Å². The molecule has 2 aromatic rings. The van der Waals surface area contributed by atoms with Crippen LogP contribution in [-0.2, 0) is 4.79 Å². The molecule has 3 rings (SSSR count). The lowest BCUT2D eigenvalue weighted by atomic mass is 10.2. The fourth-order valence-corrected chi connectivity index (χ4v) is 2.66. The molecule has 2 heterocycles. The molecule has 1 aromatic carbocycles.